The average molecular weight is 304 g/mol. The van der Waals surface area contributed by atoms with Gasteiger partial charge in [0.2, 0.25) is 0 Å². The molecule has 1 fully saturated rings. The molecule has 0 aliphatic carbocycles. The Balaban J connectivity index is 2.01. The molecule has 124 valence electrons. The summed E-state index contributed by atoms with van der Waals surface area (Å²) in [6.45, 7) is 16.3. The number of epoxide rings is 1. The minimum absolute atomic E-state index is 0.272. The van der Waals surface area contributed by atoms with Crippen molar-refractivity contribution in [2.75, 3.05) is 13.2 Å². The zero-order valence-corrected chi connectivity index (χ0v) is 15.1. The predicted molar refractivity (Wildman–Crippen MR) is 92.1 cm³/mol. The molecule has 2 rings (SSSR count). The summed E-state index contributed by atoms with van der Waals surface area (Å²) >= 11 is 0. The minimum Gasteiger partial charge on any atom is -0.374 e. The maximum absolute atomic E-state index is 5.67. The predicted octanol–water partition coefficient (Wildman–Crippen LogP) is 5.17. The Labute approximate surface area is 136 Å². The van der Waals surface area contributed by atoms with Crippen molar-refractivity contribution in [3.8, 4) is 0 Å². The Morgan fingerprint density at radius 2 is 1.68 bits per heavy atom. The molecule has 2 nitrogen and oxygen atoms in total. The normalized spacial score (nSPS) is 20.0. The van der Waals surface area contributed by atoms with Gasteiger partial charge in [-0.25, -0.2) is 0 Å². The van der Waals surface area contributed by atoms with E-state index in [1.807, 2.05) is 0 Å². The molecular formula is C20H32O2. The third-order valence-electron chi connectivity index (χ3n) is 4.22. The second kappa shape index (κ2) is 6.72. The van der Waals surface area contributed by atoms with Crippen LogP contribution < -0.4 is 0 Å². The van der Waals surface area contributed by atoms with Gasteiger partial charge in [-0.2, -0.15) is 0 Å². The van der Waals surface area contributed by atoms with Crippen LogP contribution in [0.5, 0.6) is 0 Å². The van der Waals surface area contributed by atoms with Crippen LogP contribution in [0.25, 0.3) is 0 Å². The number of hydrogen-bond donors (Lipinski definition) is 0. The van der Waals surface area contributed by atoms with Crippen LogP contribution in [0.2, 0.25) is 0 Å². The van der Waals surface area contributed by atoms with Crippen LogP contribution in [0.15, 0.2) is 24.3 Å². The average Bonchev–Trinajstić information content (AvgIpc) is 3.19. The maximum atomic E-state index is 5.67. The number of ether oxygens (including phenoxy) is 2. The van der Waals surface area contributed by atoms with E-state index in [0.29, 0.717) is 24.0 Å². The molecule has 2 atom stereocenters. The highest BCUT2D eigenvalue weighted by Crippen LogP contribution is 2.43. The highest BCUT2D eigenvalue weighted by Gasteiger charge is 2.30. The molecular weight excluding hydrogens is 272 g/mol. The molecule has 0 spiro atoms. The zero-order chi connectivity index (χ0) is 16.4. The van der Waals surface area contributed by atoms with Gasteiger partial charge in [-0.15, -0.1) is 0 Å². The lowest BCUT2D eigenvalue weighted by Crippen LogP contribution is -2.23. The van der Waals surface area contributed by atoms with E-state index in [0.717, 1.165) is 13.2 Å². The molecule has 1 aliphatic rings. The van der Waals surface area contributed by atoms with Gasteiger partial charge in [0, 0.05) is 0 Å². The van der Waals surface area contributed by atoms with Crippen molar-refractivity contribution in [1.82, 2.24) is 0 Å². The third kappa shape index (κ3) is 5.73. The standard InChI is InChI=1S/C20H32O2/c1-19(2,3)11-18(20(4,5)6)16-9-7-15(8-10-16)12-21-13-17-14-22-17/h7-10,17-18H,11-14H2,1-6H3. The number of hydrogen-bond acceptors (Lipinski definition) is 2. The van der Waals surface area contributed by atoms with Crippen LogP contribution in [0.1, 0.15) is 65.0 Å². The first-order valence-electron chi connectivity index (χ1n) is 8.43. The van der Waals surface area contributed by atoms with Gasteiger partial charge >= 0.3 is 0 Å². The van der Waals surface area contributed by atoms with Crippen molar-refractivity contribution in [1.29, 1.82) is 0 Å². The van der Waals surface area contributed by atoms with Gasteiger partial charge in [0.05, 0.1) is 19.8 Å². The molecule has 0 bridgehead atoms. The molecule has 0 radical (unpaired) electrons. The van der Waals surface area contributed by atoms with Gasteiger partial charge in [0.15, 0.2) is 0 Å². The number of benzene rings is 1. The molecule has 1 heterocycles. The quantitative estimate of drug-likeness (QED) is 0.676. The Kier molecular flexibility index (Phi) is 5.34. The first kappa shape index (κ1) is 17.5. The lowest BCUT2D eigenvalue weighted by molar-refractivity contribution is 0.104. The highest BCUT2D eigenvalue weighted by molar-refractivity contribution is 5.26. The maximum Gasteiger partial charge on any atom is 0.104 e. The molecule has 0 amide bonds. The summed E-state index contributed by atoms with van der Waals surface area (Å²) in [4.78, 5) is 0. The van der Waals surface area contributed by atoms with Crippen molar-refractivity contribution in [3.63, 3.8) is 0 Å². The summed E-state index contributed by atoms with van der Waals surface area (Å²) in [6, 6.07) is 9.00. The molecule has 0 N–H and O–H groups in total. The minimum atomic E-state index is 0.272. The molecule has 1 aromatic rings. The molecule has 22 heavy (non-hydrogen) atoms. The van der Waals surface area contributed by atoms with Crippen molar-refractivity contribution in [3.05, 3.63) is 35.4 Å². The van der Waals surface area contributed by atoms with Gasteiger partial charge in [-0.3, -0.25) is 0 Å². The Bertz CT molecular complexity index is 458. The van der Waals surface area contributed by atoms with E-state index < -0.39 is 0 Å². The molecule has 2 unspecified atom stereocenters. The van der Waals surface area contributed by atoms with Gasteiger partial charge < -0.3 is 9.47 Å². The lowest BCUT2D eigenvalue weighted by atomic mass is 9.69. The van der Waals surface area contributed by atoms with E-state index in [2.05, 4.69) is 65.8 Å². The number of rotatable bonds is 6. The van der Waals surface area contributed by atoms with E-state index in [1.54, 1.807) is 0 Å². The van der Waals surface area contributed by atoms with Crippen molar-refractivity contribution < 1.29 is 9.47 Å². The van der Waals surface area contributed by atoms with Crippen molar-refractivity contribution >= 4 is 0 Å². The second-order valence-electron chi connectivity index (χ2n) is 8.90. The van der Waals surface area contributed by atoms with E-state index >= 15 is 0 Å². The van der Waals surface area contributed by atoms with Crippen LogP contribution in [-0.4, -0.2) is 19.3 Å². The van der Waals surface area contributed by atoms with Crippen LogP contribution in [0.3, 0.4) is 0 Å². The van der Waals surface area contributed by atoms with Gasteiger partial charge in [0.1, 0.15) is 6.10 Å². The van der Waals surface area contributed by atoms with Crippen LogP contribution >= 0.6 is 0 Å². The highest BCUT2D eigenvalue weighted by atomic mass is 16.6. The molecule has 1 saturated heterocycles. The fraction of sp³-hybridized carbons (Fsp3) is 0.700. The lowest BCUT2D eigenvalue weighted by Gasteiger charge is -2.36. The SMILES string of the molecule is CC(C)(C)CC(c1ccc(COCC2CO2)cc1)C(C)(C)C. The summed E-state index contributed by atoms with van der Waals surface area (Å²) in [7, 11) is 0. The summed E-state index contributed by atoms with van der Waals surface area (Å²) in [5.74, 6) is 0.572. The Morgan fingerprint density at radius 3 is 2.14 bits per heavy atom. The largest absolute Gasteiger partial charge is 0.374 e. The summed E-state index contributed by atoms with van der Waals surface area (Å²) in [5.41, 5.74) is 3.29. The second-order valence-corrected chi connectivity index (χ2v) is 8.90. The molecule has 0 aromatic heterocycles. The van der Waals surface area contributed by atoms with Crippen LogP contribution in [-0.2, 0) is 16.1 Å². The van der Waals surface area contributed by atoms with E-state index in [1.165, 1.54) is 17.5 Å². The smallest absolute Gasteiger partial charge is 0.104 e. The molecule has 2 heteroatoms. The topological polar surface area (TPSA) is 21.8 Å². The Hall–Kier alpha value is -0.860. The van der Waals surface area contributed by atoms with Gasteiger partial charge in [-0.1, -0.05) is 65.8 Å². The van der Waals surface area contributed by atoms with Crippen molar-refractivity contribution in [2.45, 2.75) is 66.6 Å². The van der Waals surface area contributed by atoms with E-state index in [-0.39, 0.29) is 5.41 Å². The molecule has 1 aromatic carbocycles. The Morgan fingerprint density at radius 1 is 1.09 bits per heavy atom. The van der Waals surface area contributed by atoms with Crippen molar-refractivity contribution in [2.24, 2.45) is 10.8 Å². The molecule has 0 saturated carbocycles. The summed E-state index contributed by atoms with van der Waals surface area (Å²) in [5, 5.41) is 0. The van der Waals surface area contributed by atoms with Gasteiger partial charge in [-0.05, 0) is 34.3 Å². The summed E-state index contributed by atoms with van der Waals surface area (Å²) in [6.07, 6.45) is 1.54. The zero-order valence-electron chi connectivity index (χ0n) is 15.1. The fourth-order valence-corrected chi connectivity index (χ4v) is 2.86. The molecule has 1 aliphatic heterocycles. The van der Waals surface area contributed by atoms with Crippen LogP contribution in [0, 0.1) is 10.8 Å². The van der Waals surface area contributed by atoms with E-state index in [4.69, 9.17) is 9.47 Å². The summed E-state index contributed by atoms with van der Waals surface area (Å²) < 4.78 is 10.8. The van der Waals surface area contributed by atoms with Gasteiger partial charge in [0.25, 0.3) is 0 Å². The fourth-order valence-electron chi connectivity index (χ4n) is 2.86. The first-order valence-corrected chi connectivity index (χ1v) is 8.43. The third-order valence-corrected chi connectivity index (χ3v) is 4.22. The monoisotopic (exact) mass is 304 g/mol. The first-order chi connectivity index (χ1) is 10.1. The van der Waals surface area contributed by atoms with E-state index in [9.17, 15) is 0 Å². The van der Waals surface area contributed by atoms with Crippen LogP contribution in [0.4, 0.5) is 0 Å².